The molecule has 1 aliphatic rings. The third-order valence-electron chi connectivity index (χ3n) is 6.30. The van der Waals surface area contributed by atoms with Gasteiger partial charge in [-0.1, -0.05) is 24.3 Å². The first-order valence-electron chi connectivity index (χ1n) is 11.6. The Balaban J connectivity index is 1.19. The number of carboxylic acid groups (broad SMARTS) is 1. The van der Waals surface area contributed by atoms with Crippen LogP contribution in [0.5, 0.6) is 0 Å². The van der Waals surface area contributed by atoms with E-state index in [-0.39, 0.29) is 11.5 Å². The predicted octanol–water partition coefficient (Wildman–Crippen LogP) is 4.87. The monoisotopic (exact) mass is 466 g/mol. The zero-order valence-corrected chi connectivity index (χ0v) is 19.1. The molecule has 1 atom stereocenters. The number of carbonyl (C=O) groups excluding carboxylic acids is 1. The van der Waals surface area contributed by atoms with Gasteiger partial charge in [0.1, 0.15) is 0 Å². The minimum absolute atomic E-state index is 0.152. The van der Waals surface area contributed by atoms with Crippen molar-refractivity contribution in [3.05, 3.63) is 102 Å². The number of anilines is 2. The zero-order valence-electron chi connectivity index (χ0n) is 19.1. The molecule has 1 aliphatic heterocycles. The summed E-state index contributed by atoms with van der Waals surface area (Å²) in [6.45, 7) is 2.74. The Labute approximate surface area is 203 Å². The number of likely N-dealkylation sites (tertiary alicyclic amines) is 1. The summed E-state index contributed by atoms with van der Waals surface area (Å²) < 4.78 is 0. The fraction of sp³-hybridized carbons (Fsp3) is 0.179. The third kappa shape index (κ3) is 5.31. The lowest BCUT2D eigenvalue weighted by Crippen LogP contribution is -2.26. The largest absolute Gasteiger partial charge is 0.478 e. The van der Waals surface area contributed by atoms with Crippen LogP contribution < -0.4 is 10.6 Å². The zero-order chi connectivity index (χ0) is 24.2. The summed E-state index contributed by atoms with van der Waals surface area (Å²) in [5.74, 6) is -1.28. The van der Waals surface area contributed by atoms with E-state index in [2.05, 4.69) is 44.8 Å². The number of nitrogens with zero attached hydrogens (tertiary/aromatic N) is 2. The summed E-state index contributed by atoms with van der Waals surface area (Å²) in [4.78, 5) is 30.2. The Morgan fingerprint density at radius 2 is 1.80 bits per heavy atom. The lowest BCUT2D eigenvalue weighted by molar-refractivity contribution is 0.0696. The molecule has 1 fully saturated rings. The Morgan fingerprint density at radius 3 is 2.63 bits per heavy atom. The minimum atomic E-state index is -1.02. The maximum Gasteiger partial charge on any atom is 0.335 e. The molecule has 0 aliphatic carbocycles. The number of nitrogens with one attached hydrogen (secondary N) is 2. The maximum absolute atomic E-state index is 12.6. The van der Waals surface area contributed by atoms with Gasteiger partial charge in [0.15, 0.2) is 0 Å². The van der Waals surface area contributed by atoms with Crippen LogP contribution in [0, 0.1) is 0 Å². The highest BCUT2D eigenvalue weighted by atomic mass is 16.4. The molecule has 1 unspecified atom stereocenters. The van der Waals surface area contributed by atoms with Crippen molar-refractivity contribution in [1.82, 2.24) is 9.88 Å². The van der Waals surface area contributed by atoms with E-state index in [9.17, 15) is 9.59 Å². The summed E-state index contributed by atoms with van der Waals surface area (Å²) in [5.41, 5.74) is 3.55. The van der Waals surface area contributed by atoms with E-state index in [0.29, 0.717) is 17.3 Å². The first-order chi connectivity index (χ1) is 17.0. The van der Waals surface area contributed by atoms with Gasteiger partial charge in [-0.05, 0) is 60.5 Å². The van der Waals surface area contributed by atoms with E-state index in [4.69, 9.17) is 5.11 Å². The highest BCUT2D eigenvalue weighted by Crippen LogP contribution is 2.25. The second kappa shape index (κ2) is 9.95. The second-order valence-electron chi connectivity index (χ2n) is 8.80. The van der Waals surface area contributed by atoms with E-state index in [0.717, 1.165) is 42.7 Å². The molecule has 3 aromatic carbocycles. The molecule has 0 spiro atoms. The normalized spacial score (nSPS) is 15.7. The summed E-state index contributed by atoms with van der Waals surface area (Å²) in [5, 5.41) is 17.9. The van der Waals surface area contributed by atoms with Crippen molar-refractivity contribution in [3.63, 3.8) is 0 Å². The third-order valence-corrected chi connectivity index (χ3v) is 6.30. The Kier molecular flexibility index (Phi) is 6.41. The highest BCUT2D eigenvalue weighted by Gasteiger charge is 2.23. The highest BCUT2D eigenvalue weighted by molar-refractivity contribution is 6.04. The molecule has 2 heterocycles. The van der Waals surface area contributed by atoms with Crippen molar-refractivity contribution in [2.45, 2.75) is 19.0 Å². The van der Waals surface area contributed by atoms with Crippen molar-refractivity contribution >= 4 is 34.0 Å². The molecule has 4 aromatic rings. The first-order valence-corrected chi connectivity index (χ1v) is 11.6. The van der Waals surface area contributed by atoms with E-state index in [1.165, 1.54) is 29.7 Å². The van der Waals surface area contributed by atoms with Crippen LogP contribution in [0.4, 0.5) is 11.4 Å². The van der Waals surface area contributed by atoms with Crippen molar-refractivity contribution in [2.75, 3.05) is 23.7 Å². The molecule has 7 nitrogen and oxygen atoms in total. The molecular formula is C28H26N4O3. The van der Waals surface area contributed by atoms with Gasteiger partial charge in [-0.15, -0.1) is 0 Å². The average Bonchev–Trinajstić information content (AvgIpc) is 3.31. The van der Waals surface area contributed by atoms with Crippen LogP contribution in [-0.2, 0) is 6.54 Å². The Morgan fingerprint density at radius 1 is 1.00 bits per heavy atom. The summed E-state index contributed by atoms with van der Waals surface area (Å²) in [6, 6.07) is 22.4. The van der Waals surface area contributed by atoms with Crippen LogP contribution in [0.1, 0.15) is 32.7 Å². The van der Waals surface area contributed by atoms with Crippen LogP contribution in [0.3, 0.4) is 0 Å². The van der Waals surface area contributed by atoms with E-state index in [1.54, 1.807) is 0 Å². The fourth-order valence-corrected chi connectivity index (χ4v) is 4.54. The van der Waals surface area contributed by atoms with Crippen molar-refractivity contribution in [3.8, 4) is 0 Å². The van der Waals surface area contributed by atoms with Crippen LogP contribution in [0.15, 0.2) is 85.2 Å². The minimum Gasteiger partial charge on any atom is -0.478 e. The SMILES string of the molecule is O=C(O)c1ccc(C(=O)Nc2cccc(CN3CCC(Nc4cccc5cnccc45)C3)c2)cc1. The molecular weight excluding hydrogens is 440 g/mol. The number of hydrogen-bond donors (Lipinski definition) is 3. The van der Waals surface area contributed by atoms with Gasteiger partial charge in [0, 0.05) is 65.8 Å². The number of amides is 1. The number of carboxylic acids is 1. The van der Waals surface area contributed by atoms with E-state index < -0.39 is 5.97 Å². The Bertz CT molecular complexity index is 1370. The predicted molar refractivity (Wildman–Crippen MR) is 137 cm³/mol. The standard InChI is InChI=1S/C28H26N4O3/c33-27(20-7-9-21(10-8-20)28(34)35)31-23-5-1-3-19(15-23)17-32-14-12-24(18-32)30-26-6-2-4-22-16-29-13-11-25(22)26/h1-11,13,15-16,24,30H,12,14,17-18H2,(H,31,33)(H,34,35). The number of carbonyl (C=O) groups is 2. The van der Waals surface area contributed by atoms with Crippen molar-refractivity contribution in [2.24, 2.45) is 0 Å². The smallest absolute Gasteiger partial charge is 0.335 e. The molecule has 176 valence electrons. The molecule has 0 saturated carbocycles. The summed E-state index contributed by atoms with van der Waals surface area (Å²) >= 11 is 0. The number of hydrogen-bond acceptors (Lipinski definition) is 5. The number of benzene rings is 3. The number of aromatic carboxylic acids is 1. The van der Waals surface area contributed by atoms with Gasteiger partial charge < -0.3 is 15.7 Å². The van der Waals surface area contributed by atoms with Crippen molar-refractivity contribution in [1.29, 1.82) is 0 Å². The maximum atomic E-state index is 12.6. The lowest BCUT2D eigenvalue weighted by Gasteiger charge is -2.19. The molecule has 35 heavy (non-hydrogen) atoms. The quantitative estimate of drug-likeness (QED) is 0.360. The van der Waals surface area contributed by atoms with Gasteiger partial charge in [-0.25, -0.2) is 4.79 Å². The molecule has 5 rings (SSSR count). The van der Waals surface area contributed by atoms with Crippen molar-refractivity contribution < 1.29 is 14.7 Å². The molecule has 7 heteroatoms. The molecule has 1 aromatic heterocycles. The molecule has 0 bridgehead atoms. The topological polar surface area (TPSA) is 94.6 Å². The number of pyridine rings is 1. The van der Waals surface area contributed by atoms with Gasteiger partial charge in [0.25, 0.3) is 5.91 Å². The lowest BCUT2D eigenvalue weighted by atomic mass is 10.1. The fourth-order valence-electron chi connectivity index (χ4n) is 4.54. The van der Waals surface area contributed by atoms with Crippen LogP contribution in [0.2, 0.25) is 0 Å². The summed E-state index contributed by atoms with van der Waals surface area (Å²) in [6.07, 6.45) is 4.77. The van der Waals surface area contributed by atoms with Gasteiger partial charge in [-0.3, -0.25) is 14.7 Å². The molecule has 3 N–H and O–H groups in total. The van der Waals surface area contributed by atoms with Gasteiger partial charge in [0.2, 0.25) is 0 Å². The van der Waals surface area contributed by atoms with Crippen LogP contribution >= 0.6 is 0 Å². The van der Waals surface area contributed by atoms with Crippen LogP contribution in [-0.4, -0.2) is 46.0 Å². The first kappa shape index (κ1) is 22.6. The van der Waals surface area contributed by atoms with Gasteiger partial charge >= 0.3 is 5.97 Å². The van der Waals surface area contributed by atoms with E-state index in [1.807, 2.05) is 36.7 Å². The molecule has 1 saturated heterocycles. The van der Waals surface area contributed by atoms with Gasteiger partial charge in [0.05, 0.1) is 5.56 Å². The van der Waals surface area contributed by atoms with Gasteiger partial charge in [-0.2, -0.15) is 0 Å². The number of rotatable bonds is 7. The number of aromatic nitrogens is 1. The molecule has 0 radical (unpaired) electrons. The number of fused-ring (bicyclic) bond motifs is 1. The van der Waals surface area contributed by atoms with E-state index >= 15 is 0 Å². The Hall–Kier alpha value is -4.23. The molecule has 1 amide bonds. The van der Waals surface area contributed by atoms with Crippen LogP contribution in [0.25, 0.3) is 10.8 Å². The second-order valence-corrected chi connectivity index (χ2v) is 8.80. The summed E-state index contributed by atoms with van der Waals surface area (Å²) in [7, 11) is 0. The average molecular weight is 467 g/mol.